The predicted molar refractivity (Wildman–Crippen MR) is 80.2 cm³/mol. The Labute approximate surface area is 124 Å². The molecule has 3 N–H and O–H groups in total. The number of carbonyl (C=O) groups excluding carboxylic acids is 1. The number of hydrogen-bond acceptors (Lipinski definition) is 4. The highest BCUT2D eigenvalue weighted by Crippen LogP contribution is 2.28. The van der Waals surface area contributed by atoms with Gasteiger partial charge >= 0.3 is 0 Å². The van der Waals surface area contributed by atoms with Crippen LogP contribution in [0.15, 0.2) is 12.1 Å². The summed E-state index contributed by atoms with van der Waals surface area (Å²) in [6, 6.07) is 3.11. The fourth-order valence-electron chi connectivity index (χ4n) is 2.31. The van der Waals surface area contributed by atoms with Crippen molar-refractivity contribution in [2.45, 2.75) is 19.3 Å². The molecule has 1 heterocycles. The van der Waals surface area contributed by atoms with Gasteiger partial charge in [-0.1, -0.05) is 18.0 Å². The molecule has 1 aromatic rings. The second-order valence-electron chi connectivity index (χ2n) is 4.92. The summed E-state index contributed by atoms with van der Waals surface area (Å²) in [5, 5.41) is 3.25. The summed E-state index contributed by atoms with van der Waals surface area (Å²) in [4.78, 5) is 14.4. The molecule has 6 heteroatoms. The van der Waals surface area contributed by atoms with Crippen LogP contribution < -0.4 is 15.8 Å². The number of nitrogens with one attached hydrogen (secondary N) is 1. The van der Waals surface area contributed by atoms with Crippen LogP contribution in [0.4, 0.5) is 5.69 Å². The first-order valence-corrected chi connectivity index (χ1v) is 7.13. The lowest BCUT2D eigenvalue weighted by Crippen LogP contribution is -2.40. The topological polar surface area (TPSA) is 67.6 Å². The standard InChI is InChI=1S/C14H20ClN3O2/c1-20-13-8-12(16)11(15)7-10(13)14(19)17-9-18-5-3-2-4-6-18/h7-8H,2-6,9,16H2,1H3,(H,17,19). The summed E-state index contributed by atoms with van der Waals surface area (Å²) in [7, 11) is 1.50. The van der Waals surface area contributed by atoms with Crippen LogP contribution in [0.1, 0.15) is 29.6 Å². The van der Waals surface area contributed by atoms with Gasteiger partial charge in [0.2, 0.25) is 0 Å². The number of nitrogens with zero attached hydrogens (tertiary/aromatic N) is 1. The predicted octanol–water partition coefficient (Wildman–Crippen LogP) is 2.10. The van der Waals surface area contributed by atoms with Crippen LogP contribution in [0.3, 0.4) is 0 Å². The van der Waals surface area contributed by atoms with Crippen molar-refractivity contribution in [3.8, 4) is 5.75 Å². The molecular weight excluding hydrogens is 278 g/mol. The van der Waals surface area contributed by atoms with E-state index in [9.17, 15) is 4.79 Å². The Morgan fingerprint density at radius 3 is 2.75 bits per heavy atom. The number of piperidine rings is 1. The molecule has 1 saturated heterocycles. The number of methoxy groups -OCH3 is 1. The molecule has 0 saturated carbocycles. The number of ether oxygens (including phenoxy) is 1. The summed E-state index contributed by atoms with van der Waals surface area (Å²) in [6.45, 7) is 2.60. The number of anilines is 1. The lowest BCUT2D eigenvalue weighted by atomic mass is 10.1. The van der Waals surface area contributed by atoms with Crippen LogP contribution in [0.2, 0.25) is 5.02 Å². The quantitative estimate of drug-likeness (QED) is 0.835. The number of amides is 1. The summed E-state index contributed by atoms with van der Waals surface area (Å²) in [5.41, 5.74) is 6.51. The van der Waals surface area contributed by atoms with E-state index in [4.69, 9.17) is 22.1 Å². The van der Waals surface area contributed by atoms with Gasteiger partial charge in [-0.15, -0.1) is 0 Å². The second-order valence-corrected chi connectivity index (χ2v) is 5.32. The maximum Gasteiger partial charge on any atom is 0.256 e. The van der Waals surface area contributed by atoms with Crippen molar-refractivity contribution < 1.29 is 9.53 Å². The Balaban J connectivity index is 2.02. The third kappa shape index (κ3) is 3.55. The van der Waals surface area contributed by atoms with E-state index in [1.807, 2.05) is 0 Å². The number of nitrogen functional groups attached to an aromatic ring is 1. The number of nitrogens with two attached hydrogens (primary N) is 1. The van der Waals surface area contributed by atoms with Gasteiger partial charge in [-0.05, 0) is 32.0 Å². The van der Waals surface area contributed by atoms with E-state index in [1.54, 1.807) is 12.1 Å². The van der Waals surface area contributed by atoms with E-state index in [-0.39, 0.29) is 5.91 Å². The van der Waals surface area contributed by atoms with Gasteiger partial charge in [0.1, 0.15) is 5.75 Å². The minimum Gasteiger partial charge on any atom is -0.496 e. The zero-order chi connectivity index (χ0) is 14.5. The van der Waals surface area contributed by atoms with Crippen molar-refractivity contribution in [1.82, 2.24) is 10.2 Å². The average Bonchev–Trinajstić information content (AvgIpc) is 2.48. The van der Waals surface area contributed by atoms with E-state index in [0.717, 1.165) is 13.1 Å². The van der Waals surface area contributed by atoms with E-state index < -0.39 is 0 Å². The molecule has 1 aliphatic heterocycles. The van der Waals surface area contributed by atoms with Crippen LogP contribution >= 0.6 is 11.6 Å². The zero-order valence-electron chi connectivity index (χ0n) is 11.6. The first-order chi connectivity index (χ1) is 9.61. The summed E-state index contributed by atoms with van der Waals surface area (Å²) < 4.78 is 5.18. The molecule has 110 valence electrons. The minimum absolute atomic E-state index is 0.200. The molecule has 1 aliphatic rings. The van der Waals surface area contributed by atoms with Crippen molar-refractivity contribution >= 4 is 23.2 Å². The maximum absolute atomic E-state index is 12.2. The molecule has 2 rings (SSSR count). The SMILES string of the molecule is COc1cc(N)c(Cl)cc1C(=O)NCN1CCCCC1. The fourth-order valence-corrected chi connectivity index (χ4v) is 2.48. The molecule has 1 amide bonds. The molecule has 20 heavy (non-hydrogen) atoms. The normalized spacial score (nSPS) is 15.9. The Kier molecular flexibility index (Phi) is 5.09. The molecular formula is C14H20ClN3O2. The van der Waals surface area contributed by atoms with E-state index in [0.29, 0.717) is 28.7 Å². The first kappa shape index (κ1) is 14.9. The van der Waals surface area contributed by atoms with E-state index >= 15 is 0 Å². The fraction of sp³-hybridized carbons (Fsp3) is 0.500. The number of halogens is 1. The highest BCUT2D eigenvalue weighted by atomic mass is 35.5. The zero-order valence-corrected chi connectivity index (χ0v) is 12.4. The molecule has 5 nitrogen and oxygen atoms in total. The Morgan fingerprint density at radius 2 is 2.10 bits per heavy atom. The molecule has 0 aromatic heterocycles. The van der Waals surface area contributed by atoms with Gasteiger partial charge in [-0.2, -0.15) is 0 Å². The molecule has 1 fully saturated rings. The molecule has 1 aromatic carbocycles. The van der Waals surface area contributed by atoms with Crippen LogP contribution in [0.25, 0.3) is 0 Å². The van der Waals surface area contributed by atoms with Crippen molar-refractivity contribution in [3.05, 3.63) is 22.7 Å². The van der Waals surface area contributed by atoms with Gasteiger partial charge < -0.3 is 15.8 Å². The number of hydrogen-bond donors (Lipinski definition) is 2. The van der Waals surface area contributed by atoms with Crippen molar-refractivity contribution in [1.29, 1.82) is 0 Å². The lowest BCUT2D eigenvalue weighted by molar-refractivity contribution is 0.0911. The van der Waals surface area contributed by atoms with Crippen molar-refractivity contribution in [2.24, 2.45) is 0 Å². The van der Waals surface area contributed by atoms with E-state index in [1.165, 1.54) is 26.4 Å². The number of likely N-dealkylation sites (tertiary alicyclic amines) is 1. The van der Waals surface area contributed by atoms with Crippen LogP contribution in [-0.2, 0) is 0 Å². The monoisotopic (exact) mass is 297 g/mol. The molecule has 0 unspecified atom stereocenters. The van der Waals surface area contributed by atoms with Gasteiger partial charge in [-0.3, -0.25) is 9.69 Å². The largest absolute Gasteiger partial charge is 0.496 e. The average molecular weight is 298 g/mol. The Bertz CT molecular complexity index is 488. The molecule has 0 aliphatic carbocycles. The number of benzene rings is 1. The molecule has 0 bridgehead atoms. The minimum atomic E-state index is -0.200. The van der Waals surface area contributed by atoms with Crippen LogP contribution in [0.5, 0.6) is 5.75 Å². The third-order valence-electron chi connectivity index (χ3n) is 3.48. The van der Waals surface area contributed by atoms with Crippen LogP contribution in [-0.4, -0.2) is 37.7 Å². The van der Waals surface area contributed by atoms with Crippen LogP contribution in [0, 0.1) is 0 Å². The highest BCUT2D eigenvalue weighted by Gasteiger charge is 2.16. The molecule has 0 spiro atoms. The Morgan fingerprint density at radius 1 is 1.40 bits per heavy atom. The smallest absolute Gasteiger partial charge is 0.256 e. The first-order valence-electron chi connectivity index (χ1n) is 6.75. The number of rotatable bonds is 4. The third-order valence-corrected chi connectivity index (χ3v) is 3.80. The lowest BCUT2D eigenvalue weighted by Gasteiger charge is -2.26. The highest BCUT2D eigenvalue weighted by molar-refractivity contribution is 6.33. The molecule has 0 atom stereocenters. The molecule has 0 radical (unpaired) electrons. The van der Waals surface area contributed by atoms with Gasteiger partial charge in [0.15, 0.2) is 0 Å². The van der Waals surface area contributed by atoms with Gasteiger partial charge in [0, 0.05) is 6.07 Å². The van der Waals surface area contributed by atoms with E-state index in [2.05, 4.69) is 10.2 Å². The summed E-state index contributed by atoms with van der Waals surface area (Å²) in [5.74, 6) is 0.234. The van der Waals surface area contributed by atoms with Crippen molar-refractivity contribution in [2.75, 3.05) is 32.6 Å². The summed E-state index contributed by atoms with van der Waals surface area (Å²) >= 11 is 5.96. The second kappa shape index (κ2) is 6.81. The van der Waals surface area contributed by atoms with Gasteiger partial charge in [0.05, 0.1) is 30.1 Å². The summed E-state index contributed by atoms with van der Waals surface area (Å²) in [6.07, 6.45) is 3.64. The van der Waals surface area contributed by atoms with Crippen molar-refractivity contribution in [3.63, 3.8) is 0 Å². The van der Waals surface area contributed by atoms with Gasteiger partial charge in [0.25, 0.3) is 5.91 Å². The Hall–Kier alpha value is -1.46. The van der Waals surface area contributed by atoms with Gasteiger partial charge in [-0.25, -0.2) is 0 Å². The number of carbonyl (C=O) groups is 1. The maximum atomic E-state index is 12.2.